The van der Waals surface area contributed by atoms with E-state index >= 15 is 0 Å². The second-order valence-corrected chi connectivity index (χ2v) is 7.84. The van der Waals surface area contributed by atoms with E-state index in [-0.39, 0.29) is 11.3 Å². The van der Waals surface area contributed by atoms with Gasteiger partial charge in [-0.2, -0.15) is 0 Å². The molecule has 1 aromatic rings. The first kappa shape index (κ1) is 15.3. The van der Waals surface area contributed by atoms with E-state index in [1.807, 2.05) is 0 Å². The third-order valence-corrected chi connectivity index (χ3v) is 5.16. The van der Waals surface area contributed by atoms with E-state index in [0.717, 1.165) is 0 Å². The summed E-state index contributed by atoms with van der Waals surface area (Å²) in [4.78, 5) is 21.7. The molecule has 0 aliphatic heterocycles. The maximum Gasteiger partial charge on any atom is 0.269 e. The second kappa shape index (κ2) is 5.08. The molecule has 0 bridgehead atoms. The highest BCUT2D eigenvalue weighted by Gasteiger charge is 2.31. The van der Waals surface area contributed by atoms with Crippen LogP contribution >= 0.6 is 0 Å². The monoisotopic (exact) mass is 285 g/mol. The molecular weight excluding hydrogens is 270 g/mol. The summed E-state index contributed by atoms with van der Waals surface area (Å²) in [5, 5.41) is 10.5. The Labute approximate surface area is 111 Å². The minimum absolute atomic E-state index is 0.143. The van der Waals surface area contributed by atoms with Gasteiger partial charge in [0.05, 0.1) is 9.67 Å². The minimum atomic E-state index is -3.55. The molecule has 0 saturated carbocycles. The van der Waals surface area contributed by atoms with Crippen molar-refractivity contribution in [3.05, 3.63) is 39.9 Å². The fourth-order valence-corrected chi connectivity index (χ4v) is 2.19. The summed E-state index contributed by atoms with van der Waals surface area (Å²) in [6.45, 7) is 4.56. The molecule has 1 rings (SSSR count). The van der Waals surface area contributed by atoms with Crippen LogP contribution in [-0.2, 0) is 9.84 Å². The lowest BCUT2D eigenvalue weighted by Crippen LogP contribution is -2.33. The molecule has 19 heavy (non-hydrogen) atoms. The van der Waals surface area contributed by atoms with E-state index < -0.39 is 31.0 Å². The van der Waals surface area contributed by atoms with E-state index in [1.165, 1.54) is 45.0 Å². The van der Waals surface area contributed by atoms with Gasteiger partial charge in [-0.15, -0.1) is 0 Å². The number of hydrogen-bond acceptors (Lipinski definition) is 5. The third-order valence-electron chi connectivity index (χ3n) is 2.65. The zero-order valence-corrected chi connectivity index (χ0v) is 11.7. The van der Waals surface area contributed by atoms with Gasteiger partial charge in [-0.25, -0.2) is 8.42 Å². The highest BCUT2D eigenvalue weighted by atomic mass is 32.2. The second-order valence-electron chi connectivity index (χ2n) is 5.10. The van der Waals surface area contributed by atoms with Gasteiger partial charge in [0.2, 0.25) is 0 Å². The zero-order chi connectivity index (χ0) is 14.8. The van der Waals surface area contributed by atoms with Crippen LogP contribution in [0.15, 0.2) is 24.3 Å². The number of nitro benzene ring substituents is 1. The van der Waals surface area contributed by atoms with Crippen LogP contribution in [0.25, 0.3) is 0 Å². The molecule has 0 aromatic heterocycles. The van der Waals surface area contributed by atoms with Crippen LogP contribution < -0.4 is 0 Å². The Kier molecular flexibility index (Phi) is 4.09. The number of hydrogen-bond donors (Lipinski definition) is 0. The highest BCUT2D eigenvalue weighted by molar-refractivity contribution is 7.93. The predicted octanol–water partition coefficient (Wildman–Crippen LogP) is 1.99. The van der Waals surface area contributed by atoms with E-state index in [0.29, 0.717) is 0 Å². The molecule has 0 aliphatic carbocycles. The largest absolute Gasteiger partial charge is 0.293 e. The average molecular weight is 285 g/mol. The number of rotatable bonds is 4. The molecule has 6 nitrogen and oxygen atoms in total. The van der Waals surface area contributed by atoms with Crippen LogP contribution in [0.3, 0.4) is 0 Å². The number of sulfone groups is 1. The summed E-state index contributed by atoms with van der Waals surface area (Å²) in [7, 11) is -3.55. The molecule has 0 radical (unpaired) electrons. The van der Waals surface area contributed by atoms with E-state index in [1.54, 1.807) is 0 Å². The van der Waals surface area contributed by atoms with Gasteiger partial charge in [0.1, 0.15) is 5.75 Å². The van der Waals surface area contributed by atoms with Crippen molar-refractivity contribution in [2.24, 2.45) is 0 Å². The lowest BCUT2D eigenvalue weighted by molar-refractivity contribution is -0.384. The fraction of sp³-hybridized carbons (Fsp3) is 0.417. The summed E-state index contributed by atoms with van der Waals surface area (Å²) in [6.07, 6.45) is 0. The molecule has 0 N–H and O–H groups in total. The Morgan fingerprint density at radius 2 is 1.68 bits per heavy atom. The molecule has 0 unspecified atom stereocenters. The highest BCUT2D eigenvalue weighted by Crippen LogP contribution is 2.18. The Bertz CT molecular complexity index is 596. The molecule has 0 fully saturated rings. The van der Waals surface area contributed by atoms with Gasteiger partial charge in [0.15, 0.2) is 15.6 Å². The first-order chi connectivity index (χ1) is 8.54. The molecule has 0 heterocycles. The van der Waals surface area contributed by atoms with Crippen molar-refractivity contribution in [1.82, 2.24) is 0 Å². The van der Waals surface area contributed by atoms with Crippen molar-refractivity contribution in [3.63, 3.8) is 0 Å². The summed E-state index contributed by atoms with van der Waals surface area (Å²) in [5.41, 5.74) is 0.00801. The Morgan fingerprint density at radius 3 is 2.05 bits per heavy atom. The molecule has 0 spiro atoms. The summed E-state index contributed by atoms with van der Waals surface area (Å²) in [6, 6.07) is 4.88. The molecular formula is C12H15NO5S. The number of benzene rings is 1. The van der Waals surface area contributed by atoms with Crippen LogP contribution in [0, 0.1) is 10.1 Å². The van der Waals surface area contributed by atoms with Crippen LogP contribution in [-0.4, -0.2) is 29.6 Å². The van der Waals surface area contributed by atoms with Gasteiger partial charge in [-0.3, -0.25) is 14.9 Å². The number of nitro groups is 1. The first-order valence-corrected chi connectivity index (χ1v) is 7.20. The maximum absolute atomic E-state index is 11.9. The maximum atomic E-state index is 11.9. The average Bonchev–Trinajstić information content (AvgIpc) is 2.27. The predicted molar refractivity (Wildman–Crippen MR) is 71.0 cm³/mol. The Morgan fingerprint density at radius 1 is 1.21 bits per heavy atom. The fourth-order valence-electron chi connectivity index (χ4n) is 1.24. The van der Waals surface area contributed by atoms with Crippen molar-refractivity contribution >= 4 is 21.3 Å². The van der Waals surface area contributed by atoms with Gasteiger partial charge < -0.3 is 0 Å². The van der Waals surface area contributed by atoms with Crippen LogP contribution in [0.4, 0.5) is 5.69 Å². The minimum Gasteiger partial charge on any atom is -0.293 e. The standard InChI is InChI=1S/C12H15NO5S/c1-12(2,3)19(17,18)8-11(14)9-4-6-10(7-5-9)13(15)16/h4-7H,8H2,1-3H3. The lowest BCUT2D eigenvalue weighted by atomic mass is 10.1. The number of nitrogens with zero attached hydrogens (tertiary/aromatic N) is 1. The van der Waals surface area contributed by atoms with Gasteiger partial charge in [-0.1, -0.05) is 0 Å². The van der Waals surface area contributed by atoms with E-state index in [2.05, 4.69) is 0 Å². The summed E-state index contributed by atoms with van der Waals surface area (Å²) >= 11 is 0. The smallest absolute Gasteiger partial charge is 0.269 e. The number of ketones is 1. The number of carbonyl (C=O) groups excluding carboxylic acids is 1. The van der Waals surface area contributed by atoms with Crippen LogP contribution in [0.2, 0.25) is 0 Å². The number of Topliss-reactive ketones (excluding diaryl/α,β-unsaturated/α-hetero) is 1. The van der Waals surface area contributed by atoms with Crippen molar-refractivity contribution in [1.29, 1.82) is 0 Å². The SMILES string of the molecule is CC(C)(C)S(=O)(=O)CC(=O)c1ccc([N+](=O)[O-])cc1. The van der Waals surface area contributed by atoms with Gasteiger partial charge in [0, 0.05) is 17.7 Å². The molecule has 0 saturated heterocycles. The number of carbonyl (C=O) groups is 1. The first-order valence-electron chi connectivity index (χ1n) is 5.54. The van der Waals surface area contributed by atoms with Crippen molar-refractivity contribution < 1.29 is 18.1 Å². The Balaban J connectivity index is 2.94. The van der Waals surface area contributed by atoms with Crippen molar-refractivity contribution in [2.45, 2.75) is 25.5 Å². The quantitative estimate of drug-likeness (QED) is 0.479. The molecule has 7 heteroatoms. The van der Waals surface area contributed by atoms with Crippen LogP contribution in [0.1, 0.15) is 31.1 Å². The topological polar surface area (TPSA) is 94.3 Å². The van der Waals surface area contributed by atoms with E-state index in [4.69, 9.17) is 0 Å². The molecule has 104 valence electrons. The van der Waals surface area contributed by atoms with Gasteiger partial charge >= 0.3 is 0 Å². The lowest BCUT2D eigenvalue weighted by Gasteiger charge is -2.18. The number of non-ortho nitro benzene ring substituents is 1. The Hall–Kier alpha value is -1.76. The molecule has 1 aromatic carbocycles. The normalized spacial score (nSPS) is 12.2. The van der Waals surface area contributed by atoms with Gasteiger partial charge in [0.25, 0.3) is 5.69 Å². The zero-order valence-electron chi connectivity index (χ0n) is 10.9. The molecule has 0 amide bonds. The van der Waals surface area contributed by atoms with Crippen molar-refractivity contribution in [3.8, 4) is 0 Å². The van der Waals surface area contributed by atoms with Crippen LogP contribution in [0.5, 0.6) is 0 Å². The third kappa shape index (κ3) is 3.60. The summed E-state index contributed by atoms with van der Waals surface area (Å²) < 4.78 is 22.8. The van der Waals surface area contributed by atoms with E-state index in [9.17, 15) is 23.3 Å². The van der Waals surface area contributed by atoms with Gasteiger partial charge in [-0.05, 0) is 32.9 Å². The molecule has 0 atom stereocenters. The van der Waals surface area contributed by atoms with Crippen molar-refractivity contribution in [2.75, 3.05) is 5.75 Å². The molecule has 0 aliphatic rings. The summed E-state index contributed by atoms with van der Waals surface area (Å²) in [5.74, 6) is -1.17.